The molecular weight excluding hydrogens is 217 g/mol. The van der Waals surface area contributed by atoms with E-state index in [0.717, 1.165) is 0 Å². The summed E-state index contributed by atoms with van der Waals surface area (Å²) in [7, 11) is 0. The van der Waals surface area contributed by atoms with Crippen LogP contribution < -0.4 is 5.73 Å². The van der Waals surface area contributed by atoms with Crippen molar-refractivity contribution in [1.82, 2.24) is 0 Å². The summed E-state index contributed by atoms with van der Waals surface area (Å²) in [6, 6.07) is 4.54. The van der Waals surface area contributed by atoms with Gasteiger partial charge >= 0.3 is 0 Å². The maximum Gasteiger partial charge on any atom is 0.128 e. The van der Waals surface area contributed by atoms with Crippen LogP contribution in [0.3, 0.4) is 0 Å². The number of hydrogen-bond donors (Lipinski definition) is 2. The highest BCUT2D eigenvalue weighted by atomic mass is 35.5. The number of hydrogen-bond acceptors (Lipinski definition) is 2. The Morgan fingerprint density at radius 2 is 2.20 bits per heavy atom. The quantitative estimate of drug-likeness (QED) is 0.835. The van der Waals surface area contributed by atoms with Crippen molar-refractivity contribution < 1.29 is 9.50 Å². The molecular formula is C11H15ClFNO. The number of nitrogens with two attached hydrogens (primary N) is 1. The van der Waals surface area contributed by atoms with Gasteiger partial charge in [0.1, 0.15) is 5.82 Å². The van der Waals surface area contributed by atoms with E-state index < -0.39 is 6.10 Å². The molecule has 1 aromatic carbocycles. The van der Waals surface area contributed by atoms with Gasteiger partial charge in [0.25, 0.3) is 0 Å². The third-order valence-corrected chi connectivity index (χ3v) is 2.65. The van der Waals surface area contributed by atoms with Crippen LogP contribution in [-0.2, 0) is 0 Å². The molecule has 0 saturated carbocycles. The summed E-state index contributed by atoms with van der Waals surface area (Å²) in [4.78, 5) is 0. The molecule has 0 saturated heterocycles. The van der Waals surface area contributed by atoms with E-state index in [1.54, 1.807) is 19.1 Å². The molecule has 1 aromatic rings. The predicted molar refractivity (Wildman–Crippen MR) is 59.5 cm³/mol. The zero-order valence-electron chi connectivity index (χ0n) is 8.58. The van der Waals surface area contributed by atoms with Gasteiger partial charge < -0.3 is 10.8 Å². The van der Waals surface area contributed by atoms with Gasteiger partial charge in [0, 0.05) is 16.5 Å². The van der Waals surface area contributed by atoms with Crippen molar-refractivity contribution in [2.24, 2.45) is 5.73 Å². The summed E-state index contributed by atoms with van der Waals surface area (Å²) >= 11 is 5.91. The molecule has 0 aliphatic carbocycles. The Morgan fingerprint density at radius 3 is 2.67 bits per heavy atom. The molecule has 0 radical (unpaired) electrons. The zero-order chi connectivity index (χ0) is 11.4. The Morgan fingerprint density at radius 1 is 1.53 bits per heavy atom. The fourth-order valence-corrected chi connectivity index (χ4v) is 1.96. The average molecular weight is 232 g/mol. The summed E-state index contributed by atoms with van der Waals surface area (Å²) in [6.45, 7) is 1.92. The van der Waals surface area contributed by atoms with Crippen molar-refractivity contribution in [3.8, 4) is 0 Å². The predicted octanol–water partition coefficient (Wildman–Crippen LogP) is 2.29. The van der Waals surface area contributed by atoms with Crippen molar-refractivity contribution in [2.45, 2.75) is 25.4 Å². The largest absolute Gasteiger partial charge is 0.393 e. The van der Waals surface area contributed by atoms with E-state index in [-0.39, 0.29) is 18.3 Å². The SMILES string of the molecule is CC(O)CC(CN)c1c(F)cccc1Cl. The van der Waals surface area contributed by atoms with Crippen LogP contribution >= 0.6 is 11.6 Å². The Kier molecular flexibility index (Phi) is 4.51. The van der Waals surface area contributed by atoms with Gasteiger partial charge in [0.2, 0.25) is 0 Å². The highest BCUT2D eigenvalue weighted by Crippen LogP contribution is 2.29. The van der Waals surface area contributed by atoms with E-state index in [0.29, 0.717) is 17.0 Å². The number of rotatable bonds is 4. The van der Waals surface area contributed by atoms with E-state index >= 15 is 0 Å². The molecule has 84 valence electrons. The van der Waals surface area contributed by atoms with E-state index in [2.05, 4.69) is 0 Å². The van der Waals surface area contributed by atoms with Crippen molar-refractivity contribution in [2.75, 3.05) is 6.54 Å². The lowest BCUT2D eigenvalue weighted by molar-refractivity contribution is 0.174. The van der Waals surface area contributed by atoms with Crippen LogP contribution in [0.1, 0.15) is 24.8 Å². The minimum absolute atomic E-state index is 0.237. The molecule has 1 rings (SSSR count). The topological polar surface area (TPSA) is 46.2 Å². The van der Waals surface area contributed by atoms with Gasteiger partial charge in [0.15, 0.2) is 0 Å². The first kappa shape index (κ1) is 12.4. The molecule has 0 spiro atoms. The minimum atomic E-state index is -0.519. The van der Waals surface area contributed by atoms with Crippen LogP contribution in [0.25, 0.3) is 0 Å². The van der Waals surface area contributed by atoms with Gasteiger partial charge in [0.05, 0.1) is 6.10 Å². The maximum atomic E-state index is 13.5. The first-order valence-corrected chi connectivity index (χ1v) is 5.26. The Balaban J connectivity index is 3.00. The van der Waals surface area contributed by atoms with Crippen LogP contribution in [0.4, 0.5) is 4.39 Å². The van der Waals surface area contributed by atoms with Gasteiger partial charge in [-0.05, 0) is 32.0 Å². The number of benzene rings is 1. The van der Waals surface area contributed by atoms with Crippen molar-refractivity contribution in [3.05, 3.63) is 34.6 Å². The lowest BCUT2D eigenvalue weighted by atomic mass is 9.93. The second-order valence-electron chi connectivity index (χ2n) is 3.65. The molecule has 0 amide bonds. The summed E-state index contributed by atoms with van der Waals surface area (Å²) in [5.41, 5.74) is 5.96. The summed E-state index contributed by atoms with van der Waals surface area (Å²) in [5, 5.41) is 9.64. The van der Waals surface area contributed by atoms with Gasteiger partial charge in [-0.15, -0.1) is 0 Å². The lowest BCUT2D eigenvalue weighted by Gasteiger charge is -2.18. The van der Waals surface area contributed by atoms with Crippen LogP contribution in [0, 0.1) is 5.82 Å². The molecule has 2 atom stereocenters. The normalized spacial score (nSPS) is 15.0. The Hall–Kier alpha value is -0.640. The Bertz CT molecular complexity index is 310. The molecule has 0 aromatic heterocycles. The summed E-state index contributed by atoms with van der Waals surface area (Å²) in [5.74, 6) is -0.600. The third-order valence-electron chi connectivity index (χ3n) is 2.32. The maximum absolute atomic E-state index is 13.5. The van der Waals surface area contributed by atoms with Gasteiger partial charge in [-0.1, -0.05) is 17.7 Å². The van der Waals surface area contributed by atoms with Crippen LogP contribution in [-0.4, -0.2) is 17.8 Å². The van der Waals surface area contributed by atoms with E-state index in [1.165, 1.54) is 6.07 Å². The Labute approximate surface area is 93.9 Å². The number of halogens is 2. The summed E-state index contributed by atoms with van der Waals surface area (Å²) in [6.07, 6.45) is -0.105. The van der Waals surface area contributed by atoms with Gasteiger partial charge in [-0.25, -0.2) is 4.39 Å². The van der Waals surface area contributed by atoms with Gasteiger partial charge in [-0.2, -0.15) is 0 Å². The van der Waals surface area contributed by atoms with E-state index in [9.17, 15) is 9.50 Å². The molecule has 0 heterocycles. The van der Waals surface area contributed by atoms with Crippen LogP contribution in [0.15, 0.2) is 18.2 Å². The molecule has 3 N–H and O–H groups in total. The summed E-state index contributed by atoms with van der Waals surface area (Å²) < 4.78 is 13.5. The molecule has 0 bridgehead atoms. The molecule has 4 heteroatoms. The third kappa shape index (κ3) is 3.16. The highest BCUT2D eigenvalue weighted by molar-refractivity contribution is 6.31. The molecule has 15 heavy (non-hydrogen) atoms. The van der Waals surface area contributed by atoms with Crippen molar-refractivity contribution >= 4 is 11.6 Å². The van der Waals surface area contributed by atoms with Crippen molar-refractivity contribution in [3.63, 3.8) is 0 Å². The first-order chi connectivity index (χ1) is 7.06. The molecule has 0 fully saturated rings. The molecule has 2 unspecified atom stereocenters. The minimum Gasteiger partial charge on any atom is -0.393 e. The highest BCUT2D eigenvalue weighted by Gasteiger charge is 2.19. The van der Waals surface area contributed by atoms with Crippen molar-refractivity contribution in [1.29, 1.82) is 0 Å². The molecule has 0 aliphatic heterocycles. The van der Waals surface area contributed by atoms with E-state index in [1.807, 2.05) is 0 Å². The van der Waals surface area contributed by atoms with Gasteiger partial charge in [-0.3, -0.25) is 0 Å². The fraction of sp³-hybridized carbons (Fsp3) is 0.455. The lowest BCUT2D eigenvalue weighted by Crippen LogP contribution is -2.19. The fourth-order valence-electron chi connectivity index (χ4n) is 1.64. The average Bonchev–Trinajstić information content (AvgIpc) is 2.15. The number of aliphatic hydroxyl groups excluding tert-OH is 1. The standard InChI is InChI=1S/C11H15ClFNO/c1-7(15)5-8(6-14)11-9(12)3-2-4-10(11)13/h2-4,7-8,15H,5-6,14H2,1H3. The smallest absolute Gasteiger partial charge is 0.128 e. The zero-order valence-corrected chi connectivity index (χ0v) is 9.34. The van der Waals surface area contributed by atoms with E-state index in [4.69, 9.17) is 17.3 Å². The second-order valence-corrected chi connectivity index (χ2v) is 4.06. The second kappa shape index (κ2) is 5.45. The first-order valence-electron chi connectivity index (χ1n) is 4.88. The molecule has 0 aliphatic rings. The van der Waals surface area contributed by atoms with Crippen LogP contribution in [0.5, 0.6) is 0 Å². The molecule has 2 nitrogen and oxygen atoms in total. The number of aliphatic hydroxyl groups is 1. The monoisotopic (exact) mass is 231 g/mol. The van der Waals surface area contributed by atoms with Crippen LogP contribution in [0.2, 0.25) is 5.02 Å².